The number of hydrogen-bond donors (Lipinski definition) is 0. The van der Waals surface area contributed by atoms with Gasteiger partial charge in [0.25, 0.3) is 0 Å². The minimum absolute atomic E-state index is 0.0952. The van der Waals surface area contributed by atoms with Gasteiger partial charge in [-0.05, 0) is 62.1 Å². The van der Waals surface area contributed by atoms with Crippen molar-refractivity contribution in [1.82, 2.24) is 4.90 Å². The van der Waals surface area contributed by atoms with E-state index >= 15 is 0 Å². The van der Waals surface area contributed by atoms with Crippen LogP contribution in [0.1, 0.15) is 54.6 Å². The number of rotatable bonds is 9. The van der Waals surface area contributed by atoms with Crippen LogP contribution in [0.3, 0.4) is 0 Å². The van der Waals surface area contributed by atoms with Crippen LogP contribution in [-0.4, -0.2) is 36.2 Å². The Balaban J connectivity index is 1.72. The number of likely N-dealkylation sites (tertiary alicyclic amines) is 1. The summed E-state index contributed by atoms with van der Waals surface area (Å²) < 4.78 is 11.5. The fraction of sp³-hybridized carbons (Fsp3) is 0.458. The smallest absolute Gasteiger partial charge is 0.338 e. The van der Waals surface area contributed by atoms with Gasteiger partial charge in [0.15, 0.2) is 0 Å². The molecule has 0 saturated carbocycles. The predicted molar refractivity (Wildman–Crippen MR) is 117 cm³/mol. The first-order chi connectivity index (χ1) is 14.2. The Kier molecular flexibility index (Phi) is 7.96. The van der Waals surface area contributed by atoms with Crippen molar-refractivity contribution in [3.63, 3.8) is 0 Å². The number of carbonyl (C=O) groups excluding carboxylic acids is 1. The third-order valence-electron chi connectivity index (χ3n) is 5.48. The van der Waals surface area contributed by atoms with E-state index in [1.807, 2.05) is 12.1 Å². The first-order valence-electron chi connectivity index (χ1n) is 10.5. The Morgan fingerprint density at radius 3 is 2.69 bits per heavy atom. The standard InChI is InChI=1S/C24H30ClNO3/c1-3-23(22-11-8-14-26(22)17-18-9-6-5-7-10-18)29-20-12-13-21(19(15-20)16-25)24(27)28-4-2/h5-7,9-10,12-13,15,22-23H,3-4,8,11,14,16-17H2,1-2H3. The van der Waals surface area contributed by atoms with Crippen molar-refractivity contribution in [3.8, 4) is 5.75 Å². The van der Waals surface area contributed by atoms with E-state index in [2.05, 4.69) is 42.2 Å². The van der Waals surface area contributed by atoms with Gasteiger partial charge in [-0.2, -0.15) is 0 Å². The number of carbonyl (C=O) groups is 1. The van der Waals surface area contributed by atoms with Crippen LogP contribution in [0, 0.1) is 0 Å². The van der Waals surface area contributed by atoms with E-state index in [0.29, 0.717) is 18.2 Å². The Hall–Kier alpha value is -2.04. The second-order valence-electron chi connectivity index (χ2n) is 7.40. The molecule has 1 aliphatic rings. The first kappa shape index (κ1) is 21.7. The minimum atomic E-state index is -0.341. The van der Waals surface area contributed by atoms with Gasteiger partial charge < -0.3 is 9.47 Å². The van der Waals surface area contributed by atoms with Gasteiger partial charge in [-0.15, -0.1) is 11.6 Å². The van der Waals surface area contributed by atoms with Crippen molar-refractivity contribution in [2.45, 2.75) is 57.7 Å². The topological polar surface area (TPSA) is 38.8 Å². The summed E-state index contributed by atoms with van der Waals surface area (Å²) in [7, 11) is 0. The molecule has 1 aliphatic heterocycles. The molecule has 4 nitrogen and oxygen atoms in total. The van der Waals surface area contributed by atoms with E-state index < -0.39 is 0 Å². The normalized spacial score (nSPS) is 17.8. The van der Waals surface area contributed by atoms with Crippen LogP contribution in [0.2, 0.25) is 0 Å². The zero-order valence-electron chi connectivity index (χ0n) is 17.3. The van der Waals surface area contributed by atoms with Crippen molar-refractivity contribution in [1.29, 1.82) is 0 Å². The number of hydrogen-bond acceptors (Lipinski definition) is 4. The van der Waals surface area contributed by atoms with Crippen LogP contribution < -0.4 is 4.74 Å². The number of halogens is 1. The number of benzene rings is 2. The number of esters is 1. The fourth-order valence-corrected chi connectivity index (χ4v) is 4.28. The molecule has 0 bridgehead atoms. The van der Waals surface area contributed by atoms with Crippen molar-refractivity contribution >= 4 is 17.6 Å². The summed E-state index contributed by atoms with van der Waals surface area (Å²) >= 11 is 6.09. The van der Waals surface area contributed by atoms with Gasteiger partial charge >= 0.3 is 5.97 Å². The van der Waals surface area contributed by atoms with Gasteiger partial charge in [0.2, 0.25) is 0 Å². The van der Waals surface area contributed by atoms with Crippen LogP contribution in [0.15, 0.2) is 48.5 Å². The summed E-state index contributed by atoms with van der Waals surface area (Å²) in [6, 6.07) is 16.4. The Bertz CT molecular complexity index is 796. The monoisotopic (exact) mass is 415 g/mol. The van der Waals surface area contributed by atoms with Crippen molar-refractivity contribution in [3.05, 3.63) is 65.2 Å². The first-order valence-corrected chi connectivity index (χ1v) is 11.0. The summed E-state index contributed by atoms with van der Waals surface area (Å²) in [6.07, 6.45) is 3.34. The molecule has 2 unspecified atom stereocenters. The molecule has 156 valence electrons. The highest BCUT2D eigenvalue weighted by Gasteiger charge is 2.32. The maximum Gasteiger partial charge on any atom is 0.338 e. The molecule has 0 N–H and O–H groups in total. The van der Waals surface area contributed by atoms with Crippen LogP contribution in [0.5, 0.6) is 5.75 Å². The third kappa shape index (κ3) is 5.52. The molecule has 0 aromatic heterocycles. The lowest BCUT2D eigenvalue weighted by Crippen LogP contribution is -2.41. The predicted octanol–water partition coefficient (Wildman–Crippen LogP) is 5.42. The van der Waals surface area contributed by atoms with E-state index in [0.717, 1.165) is 37.2 Å². The van der Waals surface area contributed by atoms with E-state index in [9.17, 15) is 4.79 Å². The van der Waals surface area contributed by atoms with E-state index in [1.54, 1.807) is 13.0 Å². The molecule has 2 atom stereocenters. The highest BCUT2D eigenvalue weighted by atomic mass is 35.5. The molecule has 0 aliphatic carbocycles. The molecular formula is C24H30ClNO3. The third-order valence-corrected chi connectivity index (χ3v) is 5.77. The van der Waals surface area contributed by atoms with E-state index in [1.165, 1.54) is 12.0 Å². The summed E-state index contributed by atoms with van der Waals surface area (Å²) in [5.41, 5.74) is 2.58. The molecular weight excluding hydrogens is 386 g/mol. The van der Waals surface area contributed by atoms with Gasteiger partial charge in [-0.25, -0.2) is 4.79 Å². The Labute approximate surface area is 178 Å². The zero-order chi connectivity index (χ0) is 20.6. The van der Waals surface area contributed by atoms with E-state index in [-0.39, 0.29) is 18.0 Å². The molecule has 0 amide bonds. The van der Waals surface area contributed by atoms with Crippen molar-refractivity contribution < 1.29 is 14.3 Å². The lowest BCUT2D eigenvalue weighted by Gasteiger charge is -2.31. The number of alkyl halides is 1. The van der Waals surface area contributed by atoms with Crippen LogP contribution in [0.25, 0.3) is 0 Å². The number of nitrogens with zero attached hydrogens (tertiary/aromatic N) is 1. The molecule has 1 fully saturated rings. The largest absolute Gasteiger partial charge is 0.489 e. The van der Waals surface area contributed by atoms with Crippen LogP contribution in [-0.2, 0) is 17.2 Å². The molecule has 2 aromatic rings. The Morgan fingerprint density at radius 2 is 2.00 bits per heavy atom. The van der Waals surface area contributed by atoms with Gasteiger partial charge in [0.05, 0.1) is 12.2 Å². The van der Waals surface area contributed by atoms with Gasteiger partial charge in [0, 0.05) is 18.5 Å². The van der Waals surface area contributed by atoms with Gasteiger partial charge in [0.1, 0.15) is 11.9 Å². The second-order valence-corrected chi connectivity index (χ2v) is 7.67. The highest BCUT2D eigenvalue weighted by Crippen LogP contribution is 2.28. The summed E-state index contributed by atoms with van der Waals surface area (Å²) in [6.45, 7) is 6.34. The van der Waals surface area contributed by atoms with Crippen molar-refractivity contribution in [2.75, 3.05) is 13.2 Å². The molecule has 0 radical (unpaired) electrons. The molecule has 3 rings (SSSR count). The lowest BCUT2D eigenvalue weighted by atomic mass is 10.0. The number of ether oxygens (including phenoxy) is 2. The van der Waals surface area contributed by atoms with Crippen molar-refractivity contribution in [2.24, 2.45) is 0 Å². The average molecular weight is 416 g/mol. The molecule has 1 heterocycles. The summed E-state index contributed by atoms with van der Waals surface area (Å²) in [4.78, 5) is 14.6. The Morgan fingerprint density at radius 1 is 1.21 bits per heavy atom. The SMILES string of the molecule is CCOC(=O)c1ccc(OC(CC)C2CCCN2Cc2ccccc2)cc1CCl. The summed E-state index contributed by atoms with van der Waals surface area (Å²) in [5.74, 6) is 0.657. The molecule has 29 heavy (non-hydrogen) atoms. The minimum Gasteiger partial charge on any atom is -0.489 e. The zero-order valence-corrected chi connectivity index (χ0v) is 18.0. The van der Waals surface area contributed by atoms with E-state index in [4.69, 9.17) is 21.1 Å². The average Bonchev–Trinajstić information content (AvgIpc) is 3.20. The van der Waals surface area contributed by atoms with Crippen LogP contribution >= 0.6 is 11.6 Å². The van der Waals surface area contributed by atoms with Gasteiger partial charge in [-0.3, -0.25) is 4.90 Å². The van der Waals surface area contributed by atoms with Crippen LogP contribution in [0.4, 0.5) is 0 Å². The quantitative estimate of drug-likeness (QED) is 0.404. The maximum atomic E-state index is 12.1. The van der Waals surface area contributed by atoms with Gasteiger partial charge in [-0.1, -0.05) is 37.3 Å². The lowest BCUT2D eigenvalue weighted by molar-refractivity contribution is 0.0525. The molecule has 2 aromatic carbocycles. The molecule has 5 heteroatoms. The maximum absolute atomic E-state index is 12.1. The second kappa shape index (κ2) is 10.7. The fourth-order valence-electron chi connectivity index (χ4n) is 4.06. The molecule has 0 spiro atoms. The highest BCUT2D eigenvalue weighted by molar-refractivity contribution is 6.17. The molecule has 1 saturated heterocycles. The summed E-state index contributed by atoms with van der Waals surface area (Å²) in [5, 5.41) is 0.